The minimum atomic E-state index is -0.437. The number of methoxy groups -OCH3 is 2. The van der Waals surface area contributed by atoms with Crippen LogP contribution in [0.3, 0.4) is 0 Å². The third-order valence-electron chi connectivity index (χ3n) is 4.66. The highest BCUT2D eigenvalue weighted by molar-refractivity contribution is 7.15. The van der Waals surface area contributed by atoms with Gasteiger partial charge in [-0.1, -0.05) is 12.1 Å². The summed E-state index contributed by atoms with van der Waals surface area (Å²) >= 11 is 1.12. The van der Waals surface area contributed by atoms with Gasteiger partial charge in [-0.15, -0.1) is 11.3 Å². The molecule has 2 aromatic rings. The molecule has 7 nitrogen and oxygen atoms in total. The highest BCUT2D eigenvalue weighted by Crippen LogP contribution is 2.24. The molecule has 1 amide bonds. The first-order valence-electron chi connectivity index (χ1n) is 9.04. The summed E-state index contributed by atoms with van der Waals surface area (Å²) in [6.45, 7) is 3.41. The number of nitrogens with one attached hydrogen (secondary N) is 1. The van der Waals surface area contributed by atoms with Gasteiger partial charge in [-0.3, -0.25) is 9.69 Å². The fourth-order valence-electron chi connectivity index (χ4n) is 3.12. The maximum atomic E-state index is 12.6. The zero-order valence-electron chi connectivity index (χ0n) is 16.0. The Morgan fingerprint density at radius 3 is 2.43 bits per heavy atom. The highest BCUT2D eigenvalue weighted by atomic mass is 32.1. The average molecular weight is 404 g/mol. The Hall–Kier alpha value is -2.42. The van der Waals surface area contributed by atoms with Gasteiger partial charge in [0.15, 0.2) is 0 Å². The Labute approximate surface area is 168 Å². The number of esters is 1. The van der Waals surface area contributed by atoms with Crippen molar-refractivity contribution in [1.82, 2.24) is 10.2 Å². The first-order valence-corrected chi connectivity index (χ1v) is 9.86. The number of rotatable bonds is 7. The van der Waals surface area contributed by atoms with Crippen molar-refractivity contribution in [3.8, 4) is 5.75 Å². The molecule has 3 rings (SSSR count). The molecule has 1 fully saturated rings. The van der Waals surface area contributed by atoms with Gasteiger partial charge in [0, 0.05) is 19.6 Å². The highest BCUT2D eigenvalue weighted by Gasteiger charge is 2.24. The van der Waals surface area contributed by atoms with E-state index < -0.39 is 5.97 Å². The Morgan fingerprint density at radius 2 is 1.79 bits per heavy atom. The fraction of sp³-hybridized carbons (Fsp3) is 0.400. The molecular formula is C20H24N2O5S. The molecule has 0 radical (unpaired) electrons. The topological polar surface area (TPSA) is 77.1 Å². The zero-order valence-corrected chi connectivity index (χ0v) is 16.8. The number of carbonyl (C=O) groups is 2. The van der Waals surface area contributed by atoms with Crippen molar-refractivity contribution < 1.29 is 23.8 Å². The zero-order chi connectivity index (χ0) is 19.9. The second kappa shape index (κ2) is 9.68. The third-order valence-corrected chi connectivity index (χ3v) is 5.72. The average Bonchev–Trinajstić information content (AvgIpc) is 3.25. The SMILES string of the molecule is COC(=O)c1ccc(C(=O)NC[C@@H](c2ccc(OC)cc2)N2CCOCC2)s1. The van der Waals surface area contributed by atoms with Gasteiger partial charge in [0.05, 0.1) is 38.4 Å². The molecular weight excluding hydrogens is 380 g/mol. The molecule has 8 heteroatoms. The normalized spacial score (nSPS) is 15.6. The molecule has 1 aromatic heterocycles. The molecule has 2 heterocycles. The summed E-state index contributed by atoms with van der Waals surface area (Å²) < 4.78 is 15.4. The number of hydrogen-bond acceptors (Lipinski definition) is 7. The summed E-state index contributed by atoms with van der Waals surface area (Å²) in [7, 11) is 2.96. The van der Waals surface area contributed by atoms with Crippen molar-refractivity contribution in [2.75, 3.05) is 47.1 Å². The smallest absolute Gasteiger partial charge is 0.348 e. The van der Waals surface area contributed by atoms with Crippen molar-refractivity contribution in [2.24, 2.45) is 0 Å². The first-order chi connectivity index (χ1) is 13.6. The predicted octanol–water partition coefficient (Wildman–Crippen LogP) is 2.35. The Balaban J connectivity index is 1.70. The Kier molecular flexibility index (Phi) is 7.02. The van der Waals surface area contributed by atoms with Crippen LogP contribution in [0.15, 0.2) is 36.4 Å². The molecule has 150 valence electrons. The van der Waals surface area contributed by atoms with Crippen molar-refractivity contribution in [3.05, 3.63) is 51.7 Å². The van der Waals surface area contributed by atoms with E-state index in [0.717, 1.165) is 35.7 Å². The maximum absolute atomic E-state index is 12.6. The van der Waals surface area contributed by atoms with E-state index in [-0.39, 0.29) is 11.9 Å². The van der Waals surface area contributed by atoms with Crippen LogP contribution in [-0.2, 0) is 9.47 Å². The monoisotopic (exact) mass is 404 g/mol. The largest absolute Gasteiger partial charge is 0.497 e. The quantitative estimate of drug-likeness (QED) is 0.714. The number of ether oxygens (including phenoxy) is 3. The summed E-state index contributed by atoms with van der Waals surface area (Å²) in [6, 6.07) is 11.2. The molecule has 1 atom stereocenters. The predicted molar refractivity (Wildman–Crippen MR) is 106 cm³/mol. The summed E-state index contributed by atoms with van der Waals surface area (Å²) in [5.41, 5.74) is 1.10. The van der Waals surface area contributed by atoms with E-state index in [2.05, 4.69) is 10.2 Å². The van der Waals surface area contributed by atoms with E-state index in [4.69, 9.17) is 14.2 Å². The van der Waals surface area contributed by atoms with E-state index in [9.17, 15) is 9.59 Å². The van der Waals surface area contributed by atoms with Gasteiger partial charge in [-0.05, 0) is 29.8 Å². The van der Waals surface area contributed by atoms with Gasteiger partial charge in [-0.25, -0.2) is 4.79 Å². The molecule has 1 aliphatic heterocycles. The van der Waals surface area contributed by atoms with Crippen LogP contribution < -0.4 is 10.1 Å². The number of hydrogen-bond donors (Lipinski definition) is 1. The van der Waals surface area contributed by atoms with Gasteiger partial charge >= 0.3 is 5.97 Å². The molecule has 0 saturated carbocycles. The standard InChI is InChI=1S/C20H24N2O5S/c1-25-15-5-3-14(4-6-15)16(22-9-11-27-12-10-22)13-21-19(23)17-7-8-18(28-17)20(24)26-2/h3-8,16H,9-13H2,1-2H3,(H,21,23)/t16-/m0/s1. The molecule has 1 N–H and O–H groups in total. The van der Waals surface area contributed by atoms with Crippen LogP contribution in [0, 0.1) is 0 Å². The lowest BCUT2D eigenvalue weighted by atomic mass is 10.0. The van der Waals surface area contributed by atoms with Crippen LogP contribution in [0.1, 0.15) is 30.9 Å². The minimum absolute atomic E-state index is 0.0267. The van der Waals surface area contributed by atoms with E-state index in [0.29, 0.717) is 29.5 Å². The second-order valence-corrected chi connectivity index (χ2v) is 7.39. The van der Waals surface area contributed by atoms with Gasteiger partial charge in [0.1, 0.15) is 10.6 Å². The number of morpholine rings is 1. The maximum Gasteiger partial charge on any atom is 0.348 e. The lowest BCUT2D eigenvalue weighted by Crippen LogP contribution is -2.43. The first kappa shape index (κ1) is 20.3. The van der Waals surface area contributed by atoms with E-state index in [1.54, 1.807) is 19.2 Å². The molecule has 1 aliphatic rings. The number of amides is 1. The van der Waals surface area contributed by atoms with Crippen molar-refractivity contribution >= 4 is 23.2 Å². The van der Waals surface area contributed by atoms with Crippen LogP contribution in [0.4, 0.5) is 0 Å². The number of nitrogens with zero attached hydrogens (tertiary/aromatic N) is 1. The van der Waals surface area contributed by atoms with Crippen LogP contribution in [0.25, 0.3) is 0 Å². The second-order valence-electron chi connectivity index (χ2n) is 6.30. The minimum Gasteiger partial charge on any atom is -0.497 e. The van der Waals surface area contributed by atoms with E-state index in [1.807, 2.05) is 24.3 Å². The van der Waals surface area contributed by atoms with Crippen molar-refractivity contribution in [2.45, 2.75) is 6.04 Å². The molecule has 0 bridgehead atoms. The number of carbonyl (C=O) groups excluding carboxylic acids is 2. The van der Waals surface area contributed by atoms with Crippen LogP contribution in [-0.4, -0.2) is 63.8 Å². The van der Waals surface area contributed by atoms with Crippen molar-refractivity contribution in [3.63, 3.8) is 0 Å². The lowest BCUT2D eigenvalue weighted by Gasteiger charge is -2.35. The lowest BCUT2D eigenvalue weighted by molar-refractivity contribution is 0.0162. The fourth-order valence-corrected chi connectivity index (χ4v) is 3.96. The Bertz CT molecular complexity index is 799. The number of benzene rings is 1. The van der Waals surface area contributed by atoms with Gasteiger partial charge < -0.3 is 19.5 Å². The summed E-state index contributed by atoms with van der Waals surface area (Å²) in [6.07, 6.45) is 0. The molecule has 1 saturated heterocycles. The van der Waals surface area contributed by atoms with Crippen LogP contribution >= 0.6 is 11.3 Å². The van der Waals surface area contributed by atoms with Crippen molar-refractivity contribution in [1.29, 1.82) is 0 Å². The summed E-state index contributed by atoms with van der Waals surface area (Å²) in [4.78, 5) is 27.4. The summed E-state index contributed by atoms with van der Waals surface area (Å²) in [5.74, 6) is 0.155. The molecule has 0 unspecified atom stereocenters. The third kappa shape index (κ3) is 4.89. The molecule has 1 aromatic carbocycles. The van der Waals surface area contributed by atoms with E-state index in [1.165, 1.54) is 7.11 Å². The van der Waals surface area contributed by atoms with Gasteiger partial charge in [0.2, 0.25) is 0 Å². The van der Waals surface area contributed by atoms with Gasteiger partial charge in [-0.2, -0.15) is 0 Å². The Morgan fingerprint density at radius 1 is 1.11 bits per heavy atom. The van der Waals surface area contributed by atoms with Crippen LogP contribution in [0.5, 0.6) is 5.75 Å². The van der Waals surface area contributed by atoms with Crippen LogP contribution in [0.2, 0.25) is 0 Å². The summed E-state index contributed by atoms with van der Waals surface area (Å²) in [5, 5.41) is 3.00. The van der Waals surface area contributed by atoms with Gasteiger partial charge in [0.25, 0.3) is 5.91 Å². The number of thiophene rings is 1. The molecule has 0 aliphatic carbocycles. The van der Waals surface area contributed by atoms with E-state index >= 15 is 0 Å². The molecule has 0 spiro atoms. The molecule has 28 heavy (non-hydrogen) atoms.